The van der Waals surface area contributed by atoms with Crippen molar-refractivity contribution in [2.75, 3.05) is 6.54 Å². The number of hydrogen-bond acceptors (Lipinski definition) is 6. The van der Waals surface area contributed by atoms with E-state index in [1.165, 1.54) is 41.9 Å². The van der Waals surface area contributed by atoms with Crippen LogP contribution in [0.2, 0.25) is 0 Å². The molecular weight excluding hydrogens is 439 g/mol. The van der Waals surface area contributed by atoms with Gasteiger partial charge in [0.1, 0.15) is 24.2 Å². The highest BCUT2D eigenvalue weighted by molar-refractivity contribution is 7.89. The van der Waals surface area contributed by atoms with Crippen LogP contribution in [-0.2, 0) is 21.4 Å². The van der Waals surface area contributed by atoms with Crippen LogP contribution in [0.3, 0.4) is 0 Å². The van der Waals surface area contributed by atoms with Crippen molar-refractivity contribution in [3.05, 3.63) is 59.4 Å². The molecule has 2 atom stereocenters. The Kier molecular flexibility index (Phi) is 6.89. The van der Waals surface area contributed by atoms with Gasteiger partial charge in [-0.25, -0.2) is 18.3 Å². The Morgan fingerprint density at radius 1 is 1.25 bits per heavy atom. The number of halogens is 1. The number of nitrogens with one attached hydrogen (secondary N) is 1. The van der Waals surface area contributed by atoms with E-state index in [0.29, 0.717) is 11.3 Å². The largest absolute Gasteiger partial charge is 0.489 e. The third-order valence-electron chi connectivity index (χ3n) is 5.68. The average molecular weight is 467 g/mol. The summed E-state index contributed by atoms with van der Waals surface area (Å²) in [6.07, 6.45) is -0.761. The van der Waals surface area contributed by atoms with Crippen molar-refractivity contribution >= 4 is 15.9 Å². The number of hydrogen-bond donors (Lipinski definition) is 3. The van der Waals surface area contributed by atoms with Crippen LogP contribution in [0.1, 0.15) is 31.4 Å². The van der Waals surface area contributed by atoms with E-state index in [2.05, 4.69) is 0 Å². The summed E-state index contributed by atoms with van der Waals surface area (Å²) >= 11 is 0. The quantitative estimate of drug-likeness (QED) is 0.445. The van der Waals surface area contributed by atoms with Crippen molar-refractivity contribution in [3.8, 4) is 5.75 Å². The van der Waals surface area contributed by atoms with Crippen LogP contribution in [0.4, 0.5) is 4.39 Å². The van der Waals surface area contributed by atoms with E-state index in [1.807, 2.05) is 6.92 Å². The van der Waals surface area contributed by atoms with Crippen molar-refractivity contribution < 1.29 is 32.7 Å². The third-order valence-corrected chi connectivity index (χ3v) is 7.52. The fourth-order valence-corrected chi connectivity index (χ4v) is 5.85. The van der Waals surface area contributed by atoms with Crippen LogP contribution >= 0.6 is 0 Å². The van der Waals surface area contributed by atoms with Gasteiger partial charge in [0.15, 0.2) is 0 Å². The molecule has 0 radical (unpaired) electrons. The number of aryl methyl sites for hydroxylation is 1. The second-order valence-corrected chi connectivity index (χ2v) is 10.5. The Bertz CT molecular complexity index is 1090. The van der Waals surface area contributed by atoms with Gasteiger partial charge in [0.2, 0.25) is 10.0 Å². The summed E-state index contributed by atoms with van der Waals surface area (Å²) in [5.74, 6) is -0.851. The number of rotatable bonds is 6. The van der Waals surface area contributed by atoms with Crippen LogP contribution in [0.15, 0.2) is 47.4 Å². The van der Waals surface area contributed by atoms with Crippen LogP contribution in [0, 0.1) is 18.2 Å². The van der Waals surface area contributed by atoms with Crippen LogP contribution in [0.25, 0.3) is 0 Å². The number of nitrogens with zero attached hydrogens (tertiary/aromatic N) is 1. The lowest BCUT2D eigenvalue weighted by atomic mass is 9.76. The minimum atomic E-state index is -4.17. The number of benzene rings is 2. The van der Waals surface area contributed by atoms with Gasteiger partial charge in [-0.15, -0.1) is 0 Å². The minimum absolute atomic E-state index is 0.0903. The SMILES string of the molecule is Cc1ccc(F)cc1COc1ccc(S(=O)(=O)N2C[C@H](O)CC(C)(C)[C@@H]2C(=O)NO)cc1. The highest BCUT2D eigenvalue weighted by Gasteiger charge is 2.50. The highest BCUT2D eigenvalue weighted by Crippen LogP contribution is 2.38. The van der Waals surface area contributed by atoms with Gasteiger partial charge in [0.25, 0.3) is 5.91 Å². The Hall–Kier alpha value is -2.53. The first-order valence-corrected chi connectivity index (χ1v) is 11.5. The van der Waals surface area contributed by atoms with Crippen molar-refractivity contribution in [1.82, 2.24) is 9.79 Å². The first-order valence-electron chi connectivity index (χ1n) is 10.1. The molecule has 8 nitrogen and oxygen atoms in total. The van der Waals surface area contributed by atoms with E-state index < -0.39 is 33.5 Å². The molecule has 0 aromatic heterocycles. The second kappa shape index (κ2) is 9.14. The summed E-state index contributed by atoms with van der Waals surface area (Å²) in [6.45, 7) is 4.98. The molecule has 0 aliphatic carbocycles. The molecule has 0 spiro atoms. The lowest BCUT2D eigenvalue weighted by Crippen LogP contribution is -2.62. The molecule has 1 saturated heterocycles. The maximum atomic E-state index is 13.4. The minimum Gasteiger partial charge on any atom is -0.489 e. The fourth-order valence-electron chi connectivity index (χ4n) is 4.07. The number of piperidine rings is 1. The standard InChI is InChI=1S/C22H27FN2O6S/c1-14-4-5-16(23)10-15(14)13-31-18-6-8-19(9-7-18)32(29,30)25-12-17(26)11-22(2,3)20(25)21(27)24-28/h4-10,17,20,26,28H,11-13H2,1-3H3,(H,24,27)/t17-,20+/m1/s1. The summed E-state index contributed by atoms with van der Waals surface area (Å²) in [4.78, 5) is 12.2. The Morgan fingerprint density at radius 3 is 2.53 bits per heavy atom. The number of aliphatic hydroxyl groups is 1. The molecule has 3 rings (SSSR count). The number of sulfonamides is 1. The fraction of sp³-hybridized carbons (Fsp3) is 0.409. The number of hydroxylamine groups is 1. The highest BCUT2D eigenvalue weighted by atomic mass is 32.2. The number of carbonyl (C=O) groups is 1. The maximum Gasteiger partial charge on any atom is 0.262 e. The zero-order valence-electron chi connectivity index (χ0n) is 18.1. The number of ether oxygens (including phenoxy) is 1. The predicted octanol–water partition coefficient (Wildman–Crippen LogP) is 2.37. The van der Waals surface area contributed by atoms with Crippen LogP contribution < -0.4 is 10.2 Å². The normalized spacial score (nSPS) is 21.2. The van der Waals surface area contributed by atoms with Gasteiger partial charge >= 0.3 is 0 Å². The molecular formula is C22H27FN2O6S. The summed E-state index contributed by atoms with van der Waals surface area (Å²) in [5.41, 5.74) is 2.16. The topological polar surface area (TPSA) is 116 Å². The van der Waals surface area contributed by atoms with Crippen LogP contribution in [-0.4, -0.2) is 47.6 Å². The predicted molar refractivity (Wildman–Crippen MR) is 114 cm³/mol. The molecule has 3 N–H and O–H groups in total. The molecule has 0 saturated carbocycles. The number of β-amino-alcohol motifs (C(OH)–C–C–N with tert-alkyl or cyclic N) is 1. The zero-order valence-corrected chi connectivity index (χ0v) is 18.9. The summed E-state index contributed by atoms with van der Waals surface area (Å²) < 4.78 is 46.6. The maximum absolute atomic E-state index is 13.4. The van der Waals surface area contributed by atoms with E-state index in [4.69, 9.17) is 9.94 Å². The molecule has 1 aliphatic rings. The zero-order chi connectivity index (χ0) is 23.7. The van der Waals surface area contributed by atoms with Gasteiger partial charge in [0, 0.05) is 6.54 Å². The number of aliphatic hydroxyl groups excluding tert-OH is 1. The molecule has 32 heavy (non-hydrogen) atoms. The smallest absolute Gasteiger partial charge is 0.262 e. The number of amides is 1. The lowest BCUT2D eigenvalue weighted by Gasteiger charge is -2.45. The van der Waals surface area contributed by atoms with Crippen LogP contribution in [0.5, 0.6) is 5.75 Å². The van der Waals surface area contributed by atoms with Gasteiger partial charge < -0.3 is 9.84 Å². The average Bonchev–Trinajstić information content (AvgIpc) is 2.73. The molecule has 1 fully saturated rings. The van der Waals surface area contributed by atoms with Gasteiger partial charge in [-0.05, 0) is 66.3 Å². The van der Waals surface area contributed by atoms with Crippen molar-refractivity contribution in [1.29, 1.82) is 0 Å². The van der Waals surface area contributed by atoms with Gasteiger partial charge in [-0.1, -0.05) is 19.9 Å². The van der Waals surface area contributed by atoms with Crippen molar-refractivity contribution in [3.63, 3.8) is 0 Å². The van der Waals surface area contributed by atoms with Gasteiger partial charge in [-0.2, -0.15) is 4.31 Å². The molecule has 2 aromatic carbocycles. The first kappa shape index (κ1) is 24.1. The molecule has 0 unspecified atom stereocenters. The van der Waals surface area contributed by atoms with E-state index in [0.717, 1.165) is 9.87 Å². The van der Waals surface area contributed by atoms with E-state index in [9.17, 15) is 22.7 Å². The molecule has 0 bridgehead atoms. The third kappa shape index (κ3) is 4.93. The molecule has 1 heterocycles. The van der Waals surface area contributed by atoms with E-state index in [-0.39, 0.29) is 30.3 Å². The Labute approximate surface area is 186 Å². The first-order chi connectivity index (χ1) is 15.0. The Morgan fingerprint density at radius 2 is 1.91 bits per heavy atom. The summed E-state index contributed by atoms with van der Waals surface area (Å²) in [6, 6.07) is 8.80. The Balaban J connectivity index is 1.83. The summed E-state index contributed by atoms with van der Waals surface area (Å²) in [5, 5.41) is 19.4. The number of carbonyl (C=O) groups excluding carboxylic acids is 1. The van der Waals surface area contributed by atoms with Gasteiger partial charge in [0.05, 0.1) is 11.0 Å². The second-order valence-electron chi connectivity index (χ2n) is 8.63. The van der Waals surface area contributed by atoms with E-state index in [1.54, 1.807) is 19.9 Å². The van der Waals surface area contributed by atoms with Crippen molar-refractivity contribution in [2.45, 2.75) is 50.8 Å². The summed E-state index contributed by atoms with van der Waals surface area (Å²) in [7, 11) is -4.17. The lowest BCUT2D eigenvalue weighted by molar-refractivity contribution is -0.140. The van der Waals surface area contributed by atoms with Crippen molar-refractivity contribution in [2.24, 2.45) is 5.41 Å². The molecule has 2 aromatic rings. The van der Waals surface area contributed by atoms with E-state index >= 15 is 0 Å². The molecule has 1 aliphatic heterocycles. The molecule has 174 valence electrons. The van der Waals surface area contributed by atoms with Gasteiger partial charge in [-0.3, -0.25) is 10.0 Å². The molecule has 1 amide bonds. The monoisotopic (exact) mass is 466 g/mol. The molecule has 10 heteroatoms.